The van der Waals surface area contributed by atoms with Crippen LogP contribution in [0.5, 0.6) is 0 Å². The molecule has 22 heavy (non-hydrogen) atoms. The molecule has 0 atom stereocenters. The first-order valence-electron chi connectivity index (χ1n) is 6.63. The van der Waals surface area contributed by atoms with E-state index >= 15 is 0 Å². The van der Waals surface area contributed by atoms with Gasteiger partial charge in [0.25, 0.3) is 0 Å². The van der Waals surface area contributed by atoms with E-state index in [2.05, 4.69) is 0 Å². The van der Waals surface area contributed by atoms with E-state index in [1.165, 1.54) is 6.08 Å². The van der Waals surface area contributed by atoms with Gasteiger partial charge in [0.2, 0.25) is 0 Å². The maximum Gasteiger partial charge on any atom is 2.00 e. The topological polar surface area (TPSA) is 17.1 Å². The Kier molecular flexibility index (Phi) is 9.79. The van der Waals surface area contributed by atoms with Crippen molar-refractivity contribution in [3.8, 4) is 0 Å². The van der Waals surface area contributed by atoms with Gasteiger partial charge in [0.15, 0.2) is 5.78 Å². The van der Waals surface area contributed by atoms with Gasteiger partial charge < -0.3 is 0 Å². The maximum atomic E-state index is 11.8. The molecule has 3 heteroatoms. The predicted octanol–water partition coefficient (Wildman–Crippen LogP) is 4.50. The van der Waals surface area contributed by atoms with Crippen LogP contribution in [0.4, 0.5) is 0 Å². The van der Waals surface area contributed by atoms with Crippen molar-refractivity contribution < 1.29 is 21.9 Å². The summed E-state index contributed by atoms with van der Waals surface area (Å²) >= 11 is 5.93. The van der Waals surface area contributed by atoms with Crippen molar-refractivity contribution in [2.75, 3.05) is 0 Å². The molecule has 2 saturated carbocycles. The minimum atomic E-state index is -0.0770. The van der Waals surface area contributed by atoms with Crippen molar-refractivity contribution >= 4 is 17.4 Å². The Morgan fingerprint density at radius 2 is 1.41 bits per heavy atom. The molecule has 0 unspecified atom stereocenters. The number of ketones is 1. The van der Waals surface area contributed by atoms with Crippen LogP contribution in [0.15, 0.2) is 36.4 Å². The number of hydrogen-bond acceptors (Lipinski definition) is 1. The third-order valence-corrected chi connectivity index (χ3v) is 3.14. The fraction of sp³-hybridized carbons (Fsp3) is 0. The summed E-state index contributed by atoms with van der Waals surface area (Å²) in [5, 5.41) is 0.486. The number of allylic oxidation sites excluding steroid dienone is 2. The zero-order chi connectivity index (χ0) is 14.9. The third-order valence-electron chi connectivity index (χ3n) is 2.81. The van der Waals surface area contributed by atoms with E-state index in [0.717, 1.165) is 5.92 Å². The van der Waals surface area contributed by atoms with E-state index in [0.29, 0.717) is 10.6 Å². The van der Waals surface area contributed by atoms with Crippen molar-refractivity contribution in [2.45, 2.75) is 0 Å². The van der Waals surface area contributed by atoms with E-state index in [4.69, 9.17) is 11.6 Å². The standard InChI is InChI=1S/C14H10ClO.C5H5.Fe/c15-13-8-4-3-7-12(13)14(16)10-9-11-5-1-2-6-11;1-2-4-5-3-1;/h1-10H;1-5H;/q;;+2/b10-9+;;. The summed E-state index contributed by atoms with van der Waals surface area (Å²) in [7, 11) is 0. The fourth-order valence-electron chi connectivity index (χ4n) is 1.74. The first kappa shape index (κ1) is 19.5. The van der Waals surface area contributed by atoms with Crippen molar-refractivity contribution in [2.24, 2.45) is 0 Å². The van der Waals surface area contributed by atoms with Gasteiger partial charge in [0.05, 0.1) is 5.02 Å². The molecule has 1 aromatic rings. The average Bonchev–Trinajstić information content (AvgIpc) is 3.21. The van der Waals surface area contributed by atoms with Crippen molar-refractivity contribution in [1.29, 1.82) is 0 Å². The average molecular weight is 351 g/mol. The van der Waals surface area contributed by atoms with Gasteiger partial charge in [-0.25, -0.2) is 0 Å². The van der Waals surface area contributed by atoms with Crippen LogP contribution in [0.25, 0.3) is 0 Å². The van der Waals surface area contributed by atoms with Gasteiger partial charge in [-0.15, -0.1) is 0 Å². The summed E-state index contributed by atoms with van der Waals surface area (Å²) in [6, 6.07) is 7.04. The Hall–Kier alpha value is -0.561. The Morgan fingerprint density at radius 1 is 0.864 bits per heavy atom. The molecule has 1 aromatic carbocycles. The second kappa shape index (κ2) is 11.0. The fourth-order valence-corrected chi connectivity index (χ4v) is 1.97. The molecule has 0 saturated heterocycles. The van der Waals surface area contributed by atoms with E-state index in [1.54, 1.807) is 30.3 Å². The summed E-state index contributed by atoms with van der Waals surface area (Å²) in [4.78, 5) is 11.8. The minimum Gasteiger partial charge on any atom is -0.289 e. The first-order valence-corrected chi connectivity index (χ1v) is 7.00. The first-order chi connectivity index (χ1) is 10.3. The number of hydrogen-bond donors (Lipinski definition) is 0. The second-order valence-electron chi connectivity index (χ2n) is 4.36. The Balaban J connectivity index is 0.000000344. The van der Waals surface area contributed by atoms with Crippen LogP contribution < -0.4 is 0 Å². The summed E-state index contributed by atoms with van der Waals surface area (Å²) in [5.74, 6) is 0.937. The van der Waals surface area contributed by atoms with Crippen molar-refractivity contribution in [1.82, 2.24) is 0 Å². The zero-order valence-electron chi connectivity index (χ0n) is 11.8. The van der Waals surface area contributed by atoms with Gasteiger partial charge in [0.1, 0.15) is 0 Å². The molecule has 3 rings (SSSR count). The van der Waals surface area contributed by atoms with Crippen LogP contribution in [-0.4, -0.2) is 5.78 Å². The molecule has 0 heterocycles. The number of carbonyl (C=O) groups is 1. The molecular formula is C19H15ClFeO+2. The summed E-state index contributed by atoms with van der Waals surface area (Å²) in [6.45, 7) is 0. The van der Waals surface area contributed by atoms with Gasteiger partial charge in [0, 0.05) is 11.5 Å². The normalized spacial score (nSPS) is 17.9. The quantitative estimate of drug-likeness (QED) is 0.445. The summed E-state index contributed by atoms with van der Waals surface area (Å²) in [6.07, 6.45) is 21.1. The molecule has 0 N–H and O–H groups in total. The molecule has 1 nitrogen and oxygen atoms in total. The van der Waals surface area contributed by atoms with Crippen molar-refractivity contribution in [3.63, 3.8) is 0 Å². The SMILES string of the molecule is O=C(/C=C/[C]1[CH][CH][CH][CH]1)c1ccccc1Cl.[CH]1[CH][CH][CH][CH]1.[Fe+2]. The van der Waals surface area contributed by atoms with E-state index < -0.39 is 0 Å². The molecule has 0 amide bonds. The monoisotopic (exact) mass is 350 g/mol. The smallest absolute Gasteiger partial charge is 0.289 e. The van der Waals surface area contributed by atoms with E-state index in [1.807, 2.05) is 57.8 Å². The molecule has 10 radical (unpaired) electrons. The molecule has 0 spiro atoms. The largest absolute Gasteiger partial charge is 2.00 e. The van der Waals surface area contributed by atoms with Gasteiger partial charge in [-0.3, -0.25) is 4.79 Å². The molecule has 0 bridgehead atoms. The van der Waals surface area contributed by atoms with Crippen molar-refractivity contribution in [3.05, 3.63) is 111 Å². The molecule has 0 aliphatic heterocycles. The Bertz CT molecular complexity index is 466. The van der Waals surface area contributed by atoms with Crippen LogP contribution in [-0.2, 0) is 17.1 Å². The molecule has 2 fully saturated rings. The van der Waals surface area contributed by atoms with Gasteiger partial charge in [-0.1, -0.05) is 29.8 Å². The van der Waals surface area contributed by atoms with Crippen LogP contribution in [0.3, 0.4) is 0 Å². The molecule has 2 aliphatic carbocycles. The van der Waals surface area contributed by atoms with E-state index in [-0.39, 0.29) is 22.9 Å². The molecular weight excluding hydrogens is 336 g/mol. The summed E-state index contributed by atoms with van der Waals surface area (Å²) in [5.41, 5.74) is 0.534. The zero-order valence-corrected chi connectivity index (χ0v) is 13.7. The second-order valence-corrected chi connectivity index (χ2v) is 4.77. The Labute approximate surface area is 150 Å². The third kappa shape index (κ3) is 6.69. The maximum absolute atomic E-state index is 11.8. The van der Waals surface area contributed by atoms with Crippen LogP contribution in [0.2, 0.25) is 5.02 Å². The molecule has 2 aliphatic rings. The van der Waals surface area contributed by atoms with Gasteiger partial charge >= 0.3 is 17.1 Å². The minimum absolute atomic E-state index is 0. The van der Waals surface area contributed by atoms with Gasteiger partial charge in [-0.2, -0.15) is 0 Å². The number of halogens is 1. The molecule has 0 aromatic heterocycles. The molecule has 110 valence electrons. The van der Waals surface area contributed by atoms with Crippen LogP contribution in [0.1, 0.15) is 10.4 Å². The van der Waals surface area contributed by atoms with Gasteiger partial charge in [-0.05, 0) is 76.0 Å². The van der Waals surface area contributed by atoms with Crippen LogP contribution in [0, 0.1) is 63.7 Å². The number of benzene rings is 1. The summed E-state index contributed by atoms with van der Waals surface area (Å²) < 4.78 is 0. The predicted molar refractivity (Wildman–Crippen MR) is 86.9 cm³/mol. The number of rotatable bonds is 3. The van der Waals surface area contributed by atoms with E-state index in [9.17, 15) is 4.79 Å². The number of carbonyl (C=O) groups excluding carboxylic acids is 1. The van der Waals surface area contributed by atoms with Crippen LogP contribution >= 0.6 is 11.6 Å². The Morgan fingerprint density at radius 3 is 1.95 bits per heavy atom.